The summed E-state index contributed by atoms with van der Waals surface area (Å²) in [6.07, 6.45) is 0. The van der Waals surface area contributed by atoms with Crippen LogP contribution in [0.4, 0.5) is 11.4 Å². The quantitative estimate of drug-likeness (QED) is 0.575. The third-order valence-corrected chi connectivity index (χ3v) is 2.53. The van der Waals surface area contributed by atoms with Gasteiger partial charge in [-0.25, -0.2) is 0 Å². The van der Waals surface area contributed by atoms with Crippen LogP contribution >= 0.6 is 11.6 Å². The molecule has 92 valence electrons. The standard InChI is InChI=1S/C13H11ClN2O2/c14-9-5-8(6-10(15)7-9)13(18)16-11-1-3-12(17)4-2-11/h1-7,17H,15H2,(H,16,18). The highest BCUT2D eigenvalue weighted by molar-refractivity contribution is 6.31. The zero-order valence-corrected chi connectivity index (χ0v) is 10.1. The van der Waals surface area contributed by atoms with Gasteiger partial charge in [-0.3, -0.25) is 4.79 Å². The second kappa shape index (κ2) is 4.98. The summed E-state index contributed by atoms with van der Waals surface area (Å²) in [4.78, 5) is 11.9. The Balaban J connectivity index is 2.19. The average Bonchev–Trinajstić information content (AvgIpc) is 2.31. The molecule has 0 aromatic heterocycles. The first kappa shape index (κ1) is 12.3. The second-order valence-corrected chi connectivity index (χ2v) is 4.21. The van der Waals surface area contributed by atoms with Crippen molar-refractivity contribution in [1.82, 2.24) is 0 Å². The van der Waals surface area contributed by atoms with E-state index in [0.717, 1.165) is 0 Å². The van der Waals surface area contributed by atoms with Gasteiger partial charge < -0.3 is 16.2 Å². The lowest BCUT2D eigenvalue weighted by Gasteiger charge is -2.06. The van der Waals surface area contributed by atoms with Crippen LogP contribution in [0.2, 0.25) is 5.02 Å². The lowest BCUT2D eigenvalue weighted by atomic mass is 10.2. The van der Waals surface area contributed by atoms with Gasteiger partial charge in [-0.15, -0.1) is 0 Å². The lowest BCUT2D eigenvalue weighted by Crippen LogP contribution is -2.12. The molecule has 0 heterocycles. The Hall–Kier alpha value is -2.20. The number of nitrogens with two attached hydrogens (primary N) is 1. The molecule has 18 heavy (non-hydrogen) atoms. The molecule has 2 aromatic carbocycles. The molecule has 0 saturated heterocycles. The summed E-state index contributed by atoms with van der Waals surface area (Å²) in [5, 5.41) is 12.2. The molecule has 0 fully saturated rings. The fourth-order valence-electron chi connectivity index (χ4n) is 1.49. The third-order valence-electron chi connectivity index (χ3n) is 2.31. The minimum Gasteiger partial charge on any atom is -0.508 e. The van der Waals surface area contributed by atoms with E-state index in [4.69, 9.17) is 22.4 Å². The van der Waals surface area contributed by atoms with E-state index in [0.29, 0.717) is 22.0 Å². The van der Waals surface area contributed by atoms with Gasteiger partial charge in [0.2, 0.25) is 0 Å². The predicted molar refractivity (Wildman–Crippen MR) is 71.9 cm³/mol. The molecule has 2 aromatic rings. The van der Waals surface area contributed by atoms with Crippen molar-refractivity contribution in [2.24, 2.45) is 0 Å². The highest BCUT2D eigenvalue weighted by Crippen LogP contribution is 2.19. The van der Waals surface area contributed by atoms with E-state index in [9.17, 15) is 4.79 Å². The van der Waals surface area contributed by atoms with E-state index < -0.39 is 0 Å². The van der Waals surface area contributed by atoms with Gasteiger partial charge in [0.15, 0.2) is 0 Å². The molecule has 4 N–H and O–H groups in total. The van der Waals surface area contributed by atoms with Crippen LogP contribution in [0.3, 0.4) is 0 Å². The lowest BCUT2D eigenvalue weighted by molar-refractivity contribution is 0.102. The average molecular weight is 263 g/mol. The number of nitrogen functional groups attached to an aromatic ring is 1. The Morgan fingerprint density at radius 1 is 1.17 bits per heavy atom. The molecule has 0 aliphatic rings. The molecule has 0 aliphatic carbocycles. The van der Waals surface area contributed by atoms with Crippen molar-refractivity contribution in [3.05, 3.63) is 53.1 Å². The molecule has 4 nitrogen and oxygen atoms in total. The van der Waals surface area contributed by atoms with Gasteiger partial charge in [-0.1, -0.05) is 11.6 Å². The molecular weight excluding hydrogens is 252 g/mol. The highest BCUT2D eigenvalue weighted by atomic mass is 35.5. The van der Waals surface area contributed by atoms with Crippen LogP contribution in [-0.2, 0) is 0 Å². The Kier molecular flexibility index (Phi) is 3.39. The minimum atomic E-state index is -0.310. The fraction of sp³-hybridized carbons (Fsp3) is 0. The molecule has 0 radical (unpaired) electrons. The van der Waals surface area contributed by atoms with Gasteiger partial charge in [0, 0.05) is 22.0 Å². The van der Waals surface area contributed by atoms with Gasteiger partial charge in [0.25, 0.3) is 5.91 Å². The predicted octanol–water partition coefficient (Wildman–Crippen LogP) is 2.88. The number of carbonyl (C=O) groups excluding carboxylic acids is 1. The summed E-state index contributed by atoms with van der Waals surface area (Å²) >= 11 is 5.82. The van der Waals surface area contributed by atoms with Gasteiger partial charge in [0.05, 0.1) is 0 Å². The van der Waals surface area contributed by atoms with Crippen molar-refractivity contribution in [2.75, 3.05) is 11.1 Å². The SMILES string of the molecule is Nc1cc(Cl)cc(C(=O)Nc2ccc(O)cc2)c1. The maximum Gasteiger partial charge on any atom is 0.255 e. The van der Waals surface area contributed by atoms with Crippen LogP contribution in [0, 0.1) is 0 Å². The first-order chi connectivity index (χ1) is 8.54. The van der Waals surface area contributed by atoms with Gasteiger partial charge >= 0.3 is 0 Å². The van der Waals surface area contributed by atoms with Crippen molar-refractivity contribution in [2.45, 2.75) is 0 Å². The van der Waals surface area contributed by atoms with Crippen LogP contribution in [0.25, 0.3) is 0 Å². The van der Waals surface area contributed by atoms with Crippen molar-refractivity contribution in [3.63, 3.8) is 0 Å². The molecular formula is C13H11ClN2O2. The number of carbonyl (C=O) groups is 1. The smallest absolute Gasteiger partial charge is 0.255 e. The molecule has 0 aliphatic heterocycles. The zero-order chi connectivity index (χ0) is 13.1. The van der Waals surface area contributed by atoms with Crippen molar-refractivity contribution in [3.8, 4) is 5.75 Å². The van der Waals surface area contributed by atoms with Crippen LogP contribution in [0.15, 0.2) is 42.5 Å². The number of hydrogen-bond donors (Lipinski definition) is 3. The number of amides is 1. The Morgan fingerprint density at radius 2 is 1.83 bits per heavy atom. The van der Waals surface area contributed by atoms with Gasteiger partial charge in [-0.05, 0) is 42.5 Å². The van der Waals surface area contributed by atoms with E-state index in [1.165, 1.54) is 18.2 Å². The number of halogens is 1. The second-order valence-electron chi connectivity index (χ2n) is 3.77. The van der Waals surface area contributed by atoms with Crippen molar-refractivity contribution in [1.29, 1.82) is 0 Å². The van der Waals surface area contributed by atoms with Crippen molar-refractivity contribution < 1.29 is 9.90 Å². The summed E-state index contributed by atoms with van der Waals surface area (Å²) in [5.41, 5.74) is 7.00. The largest absolute Gasteiger partial charge is 0.508 e. The van der Waals surface area contributed by atoms with E-state index in [-0.39, 0.29) is 11.7 Å². The summed E-state index contributed by atoms with van der Waals surface area (Å²) in [7, 11) is 0. The van der Waals surface area contributed by atoms with Crippen molar-refractivity contribution >= 4 is 28.9 Å². The number of nitrogens with one attached hydrogen (secondary N) is 1. The zero-order valence-electron chi connectivity index (χ0n) is 9.35. The molecule has 0 unspecified atom stereocenters. The molecule has 0 atom stereocenters. The summed E-state index contributed by atoms with van der Waals surface area (Å²) < 4.78 is 0. The van der Waals surface area contributed by atoms with E-state index in [2.05, 4.69) is 5.32 Å². The summed E-state index contributed by atoms with van der Waals surface area (Å²) in [6.45, 7) is 0. The molecule has 0 bridgehead atoms. The number of rotatable bonds is 2. The van der Waals surface area contributed by atoms with E-state index in [1.54, 1.807) is 24.3 Å². The van der Waals surface area contributed by atoms with Gasteiger partial charge in [0.1, 0.15) is 5.75 Å². The normalized spacial score (nSPS) is 10.1. The first-order valence-corrected chi connectivity index (χ1v) is 5.59. The maximum atomic E-state index is 11.9. The topological polar surface area (TPSA) is 75.4 Å². The number of benzene rings is 2. The molecule has 5 heteroatoms. The molecule has 2 rings (SSSR count). The number of aromatic hydroxyl groups is 1. The minimum absolute atomic E-state index is 0.139. The number of hydrogen-bond acceptors (Lipinski definition) is 3. The maximum absolute atomic E-state index is 11.9. The van der Waals surface area contributed by atoms with Crippen LogP contribution < -0.4 is 11.1 Å². The molecule has 0 spiro atoms. The molecule has 1 amide bonds. The van der Waals surface area contributed by atoms with Crippen LogP contribution in [-0.4, -0.2) is 11.0 Å². The third kappa shape index (κ3) is 2.93. The summed E-state index contributed by atoms with van der Waals surface area (Å²) in [5.74, 6) is -0.171. The highest BCUT2D eigenvalue weighted by Gasteiger charge is 2.07. The number of phenolic OH excluding ortho intramolecular Hbond substituents is 1. The Labute approximate surface area is 109 Å². The van der Waals surface area contributed by atoms with E-state index >= 15 is 0 Å². The number of phenols is 1. The Morgan fingerprint density at radius 3 is 2.44 bits per heavy atom. The van der Waals surface area contributed by atoms with E-state index in [1.807, 2.05) is 0 Å². The van der Waals surface area contributed by atoms with Crippen LogP contribution in [0.5, 0.6) is 5.75 Å². The molecule has 0 saturated carbocycles. The summed E-state index contributed by atoms with van der Waals surface area (Å²) in [6, 6.07) is 10.8. The first-order valence-electron chi connectivity index (χ1n) is 5.21. The monoisotopic (exact) mass is 262 g/mol. The Bertz CT molecular complexity index is 562. The number of anilines is 2. The van der Waals surface area contributed by atoms with Gasteiger partial charge in [-0.2, -0.15) is 0 Å². The van der Waals surface area contributed by atoms with Crippen LogP contribution in [0.1, 0.15) is 10.4 Å². The fourth-order valence-corrected chi connectivity index (χ4v) is 1.73.